The van der Waals surface area contributed by atoms with Crippen molar-refractivity contribution in [1.82, 2.24) is 4.98 Å². The summed E-state index contributed by atoms with van der Waals surface area (Å²) in [6, 6.07) is 7.78. The fraction of sp³-hybridized carbons (Fsp3) is 0.500. The van der Waals surface area contributed by atoms with E-state index in [0.29, 0.717) is 11.5 Å². The maximum atomic E-state index is 12.5. The van der Waals surface area contributed by atoms with Crippen molar-refractivity contribution >= 4 is 22.4 Å². The summed E-state index contributed by atoms with van der Waals surface area (Å²) in [5.74, 6) is 0.640. The van der Waals surface area contributed by atoms with E-state index in [9.17, 15) is 4.79 Å². The van der Waals surface area contributed by atoms with Crippen LogP contribution in [-0.2, 0) is 19.3 Å². The third-order valence-corrected chi connectivity index (χ3v) is 5.65. The van der Waals surface area contributed by atoms with Gasteiger partial charge >= 0.3 is 0 Å². The van der Waals surface area contributed by atoms with Crippen molar-refractivity contribution < 1.29 is 4.79 Å². The minimum atomic E-state index is -0.0739. The lowest BCUT2D eigenvalue weighted by molar-refractivity contribution is 0.102. The molecule has 2 rings (SSSR count). The van der Waals surface area contributed by atoms with Gasteiger partial charge in [-0.2, -0.15) is 0 Å². The van der Waals surface area contributed by atoms with E-state index in [1.807, 2.05) is 24.3 Å². The molecule has 3 nitrogen and oxygen atoms in total. The first-order valence-corrected chi connectivity index (χ1v) is 9.77. The molecule has 0 spiro atoms. The number of carbonyl (C=O) groups is 1. The average Bonchev–Trinajstić information content (AvgIpc) is 3.01. The minimum Gasteiger partial charge on any atom is -0.298 e. The molecule has 1 amide bonds. The van der Waals surface area contributed by atoms with E-state index in [1.165, 1.54) is 16.9 Å². The second kappa shape index (κ2) is 8.97. The molecular weight excluding hydrogens is 316 g/mol. The van der Waals surface area contributed by atoms with E-state index >= 15 is 0 Å². The Labute approximate surface area is 149 Å². The SMILES string of the molecule is CCc1cccc(C(=O)Nc2nc(CCC(C)CC)c(CC)s2)c1. The van der Waals surface area contributed by atoms with Crippen LogP contribution in [0.3, 0.4) is 0 Å². The number of aryl methyl sites for hydroxylation is 3. The molecule has 0 bridgehead atoms. The highest BCUT2D eigenvalue weighted by molar-refractivity contribution is 7.15. The molecule has 1 aromatic heterocycles. The van der Waals surface area contributed by atoms with Gasteiger partial charge in [-0.25, -0.2) is 4.98 Å². The van der Waals surface area contributed by atoms with Crippen LogP contribution < -0.4 is 5.32 Å². The summed E-state index contributed by atoms with van der Waals surface area (Å²) in [6.45, 7) is 8.75. The molecule has 0 aliphatic carbocycles. The molecule has 1 N–H and O–H groups in total. The Kier molecular flexibility index (Phi) is 6.98. The van der Waals surface area contributed by atoms with E-state index < -0.39 is 0 Å². The van der Waals surface area contributed by atoms with Crippen LogP contribution in [-0.4, -0.2) is 10.9 Å². The minimum absolute atomic E-state index is 0.0739. The number of carbonyl (C=O) groups excluding carboxylic acids is 1. The zero-order chi connectivity index (χ0) is 17.5. The van der Waals surface area contributed by atoms with Crippen molar-refractivity contribution in [2.24, 2.45) is 5.92 Å². The standard InChI is InChI=1S/C20H28N2OS/c1-5-14(4)11-12-17-18(7-3)24-20(21-17)22-19(23)16-10-8-9-15(6-2)13-16/h8-10,13-14H,5-7,11-12H2,1-4H3,(H,21,22,23). The van der Waals surface area contributed by atoms with Crippen molar-refractivity contribution in [3.63, 3.8) is 0 Å². The lowest BCUT2D eigenvalue weighted by atomic mass is 10.0. The van der Waals surface area contributed by atoms with Gasteiger partial charge in [0.25, 0.3) is 5.91 Å². The van der Waals surface area contributed by atoms with Crippen LogP contribution in [0.4, 0.5) is 5.13 Å². The summed E-state index contributed by atoms with van der Waals surface area (Å²) in [5.41, 5.74) is 3.02. The molecule has 1 atom stereocenters. The highest BCUT2D eigenvalue weighted by Gasteiger charge is 2.14. The number of benzene rings is 1. The van der Waals surface area contributed by atoms with Crippen LogP contribution in [0.15, 0.2) is 24.3 Å². The van der Waals surface area contributed by atoms with Crippen LogP contribution in [0.5, 0.6) is 0 Å². The second-order valence-corrected chi connectivity index (χ2v) is 7.39. The maximum Gasteiger partial charge on any atom is 0.257 e. The third kappa shape index (κ3) is 4.91. The van der Waals surface area contributed by atoms with Gasteiger partial charge in [-0.1, -0.05) is 46.2 Å². The average molecular weight is 345 g/mol. The Morgan fingerprint density at radius 2 is 2.04 bits per heavy atom. The molecule has 1 aromatic carbocycles. The molecule has 130 valence electrons. The van der Waals surface area contributed by atoms with Gasteiger partial charge in [0.15, 0.2) is 5.13 Å². The summed E-state index contributed by atoms with van der Waals surface area (Å²) in [7, 11) is 0. The topological polar surface area (TPSA) is 42.0 Å². The molecule has 0 fully saturated rings. The summed E-state index contributed by atoms with van der Waals surface area (Å²) in [5, 5.41) is 3.70. The summed E-state index contributed by atoms with van der Waals surface area (Å²) in [4.78, 5) is 18.4. The van der Waals surface area contributed by atoms with Crippen molar-refractivity contribution in [3.8, 4) is 0 Å². The number of nitrogens with zero attached hydrogens (tertiary/aromatic N) is 1. The predicted octanol–water partition coefficient (Wildman–Crippen LogP) is 5.50. The largest absolute Gasteiger partial charge is 0.298 e. The third-order valence-electron chi connectivity index (χ3n) is 4.49. The van der Waals surface area contributed by atoms with Crippen molar-refractivity contribution in [1.29, 1.82) is 0 Å². The van der Waals surface area contributed by atoms with Gasteiger partial charge < -0.3 is 0 Å². The van der Waals surface area contributed by atoms with E-state index in [2.05, 4.69) is 38.0 Å². The highest BCUT2D eigenvalue weighted by atomic mass is 32.1. The number of amides is 1. The number of rotatable bonds is 8. The zero-order valence-corrected chi connectivity index (χ0v) is 16.0. The molecule has 2 aromatic rings. The van der Waals surface area contributed by atoms with Crippen LogP contribution in [0, 0.1) is 5.92 Å². The Morgan fingerprint density at radius 1 is 1.25 bits per heavy atom. The van der Waals surface area contributed by atoms with Gasteiger partial charge in [-0.15, -0.1) is 11.3 Å². The summed E-state index contributed by atoms with van der Waals surface area (Å²) in [6.07, 6.45) is 5.24. The van der Waals surface area contributed by atoms with Crippen LogP contribution in [0.1, 0.15) is 67.0 Å². The first-order valence-electron chi connectivity index (χ1n) is 8.96. The van der Waals surface area contributed by atoms with Crippen molar-refractivity contribution in [3.05, 3.63) is 46.0 Å². The normalized spacial score (nSPS) is 12.2. The first-order chi connectivity index (χ1) is 11.6. The Morgan fingerprint density at radius 3 is 2.71 bits per heavy atom. The first kappa shape index (κ1) is 18.7. The number of hydrogen-bond donors (Lipinski definition) is 1. The van der Waals surface area contributed by atoms with Crippen LogP contribution in [0.2, 0.25) is 0 Å². The molecule has 24 heavy (non-hydrogen) atoms. The van der Waals surface area contributed by atoms with Gasteiger partial charge in [0.2, 0.25) is 0 Å². The number of aromatic nitrogens is 1. The fourth-order valence-electron chi connectivity index (χ4n) is 2.60. The molecule has 0 aliphatic rings. The van der Waals surface area contributed by atoms with Crippen molar-refractivity contribution in [2.75, 3.05) is 5.32 Å². The molecular formula is C20H28N2OS. The van der Waals surface area contributed by atoms with E-state index in [-0.39, 0.29) is 5.91 Å². The highest BCUT2D eigenvalue weighted by Crippen LogP contribution is 2.26. The molecule has 0 saturated heterocycles. The zero-order valence-electron chi connectivity index (χ0n) is 15.2. The molecule has 1 unspecified atom stereocenters. The molecule has 0 aliphatic heterocycles. The summed E-state index contributed by atoms with van der Waals surface area (Å²) < 4.78 is 0. The lowest BCUT2D eigenvalue weighted by Crippen LogP contribution is -2.12. The van der Waals surface area contributed by atoms with Crippen LogP contribution in [0.25, 0.3) is 0 Å². The molecule has 0 radical (unpaired) electrons. The summed E-state index contributed by atoms with van der Waals surface area (Å²) >= 11 is 1.61. The number of hydrogen-bond acceptors (Lipinski definition) is 3. The van der Waals surface area contributed by atoms with Gasteiger partial charge in [0, 0.05) is 10.4 Å². The smallest absolute Gasteiger partial charge is 0.257 e. The molecule has 1 heterocycles. The monoisotopic (exact) mass is 344 g/mol. The fourth-order valence-corrected chi connectivity index (χ4v) is 3.54. The van der Waals surface area contributed by atoms with Crippen LogP contribution >= 0.6 is 11.3 Å². The Bertz CT molecular complexity index is 678. The predicted molar refractivity (Wildman–Crippen MR) is 103 cm³/mol. The number of anilines is 1. The molecule has 0 saturated carbocycles. The number of nitrogens with one attached hydrogen (secondary N) is 1. The Balaban J connectivity index is 2.08. The maximum absolute atomic E-state index is 12.5. The second-order valence-electron chi connectivity index (χ2n) is 6.30. The van der Waals surface area contributed by atoms with Gasteiger partial charge in [0.05, 0.1) is 5.69 Å². The number of thiazole rings is 1. The van der Waals surface area contributed by atoms with Gasteiger partial charge in [-0.05, 0) is 49.3 Å². The quantitative estimate of drug-likeness (QED) is 0.687. The Hall–Kier alpha value is -1.68. The lowest BCUT2D eigenvalue weighted by Gasteiger charge is -2.06. The van der Waals surface area contributed by atoms with E-state index in [1.54, 1.807) is 11.3 Å². The van der Waals surface area contributed by atoms with E-state index in [0.717, 1.165) is 36.5 Å². The van der Waals surface area contributed by atoms with Gasteiger partial charge in [-0.3, -0.25) is 10.1 Å². The van der Waals surface area contributed by atoms with E-state index in [4.69, 9.17) is 0 Å². The van der Waals surface area contributed by atoms with Crippen molar-refractivity contribution in [2.45, 2.75) is 59.8 Å². The molecule has 4 heteroatoms. The van der Waals surface area contributed by atoms with Gasteiger partial charge in [0.1, 0.15) is 0 Å².